The first-order valence-corrected chi connectivity index (χ1v) is 5.94. The van der Waals surface area contributed by atoms with Gasteiger partial charge in [-0.2, -0.15) is 0 Å². The lowest BCUT2D eigenvalue weighted by Crippen LogP contribution is -2.09. The molecule has 1 aliphatic rings. The second-order valence-electron chi connectivity index (χ2n) is 4.84. The van der Waals surface area contributed by atoms with Gasteiger partial charge in [0.25, 0.3) is 0 Å². The Morgan fingerprint density at radius 2 is 2.00 bits per heavy atom. The average molecular weight is 234 g/mol. The summed E-state index contributed by atoms with van der Waals surface area (Å²) in [7, 11) is 1.38. The van der Waals surface area contributed by atoms with Crippen molar-refractivity contribution in [3.8, 4) is 0 Å². The standard InChI is InChI=1S/C14H18O3/c1-9(2)8-10-4-6-11(7-5-10)12-13(17-12)14(15)16-3/h4-7,9,12-13H,8H2,1-3H3. The van der Waals surface area contributed by atoms with Crippen molar-refractivity contribution in [3.63, 3.8) is 0 Å². The van der Waals surface area contributed by atoms with Gasteiger partial charge in [-0.05, 0) is 23.5 Å². The van der Waals surface area contributed by atoms with Gasteiger partial charge in [0, 0.05) is 0 Å². The van der Waals surface area contributed by atoms with Crippen molar-refractivity contribution < 1.29 is 14.3 Å². The largest absolute Gasteiger partial charge is 0.467 e. The fraction of sp³-hybridized carbons (Fsp3) is 0.500. The summed E-state index contributed by atoms with van der Waals surface area (Å²) >= 11 is 0. The van der Waals surface area contributed by atoms with Gasteiger partial charge in [0.1, 0.15) is 6.10 Å². The Bertz CT molecular complexity index is 394. The van der Waals surface area contributed by atoms with Gasteiger partial charge >= 0.3 is 5.97 Å². The first-order chi connectivity index (χ1) is 8.11. The van der Waals surface area contributed by atoms with Crippen LogP contribution >= 0.6 is 0 Å². The smallest absolute Gasteiger partial charge is 0.338 e. The Kier molecular flexibility index (Phi) is 3.48. The molecule has 1 heterocycles. The number of methoxy groups -OCH3 is 1. The molecule has 2 unspecified atom stereocenters. The lowest BCUT2D eigenvalue weighted by molar-refractivity contribution is -0.142. The van der Waals surface area contributed by atoms with Crippen LogP contribution in [-0.4, -0.2) is 19.2 Å². The Morgan fingerprint density at radius 1 is 1.35 bits per heavy atom. The number of rotatable bonds is 4. The van der Waals surface area contributed by atoms with Crippen molar-refractivity contribution in [2.45, 2.75) is 32.5 Å². The van der Waals surface area contributed by atoms with E-state index < -0.39 is 6.10 Å². The lowest BCUT2D eigenvalue weighted by atomic mass is 10.0. The maximum atomic E-state index is 11.2. The molecule has 1 saturated heterocycles. The van der Waals surface area contributed by atoms with E-state index in [1.54, 1.807) is 0 Å². The summed E-state index contributed by atoms with van der Waals surface area (Å²) < 4.78 is 9.94. The van der Waals surface area contributed by atoms with Crippen molar-refractivity contribution in [2.24, 2.45) is 5.92 Å². The van der Waals surface area contributed by atoms with Crippen LogP contribution in [0.1, 0.15) is 31.1 Å². The zero-order valence-corrected chi connectivity index (χ0v) is 10.5. The van der Waals surface area contributed by atoms with Crippen LogP contribution in [0, 0.1) is 5.92 Å². The molecule has 1 fully saturated rings. The molecule has 0 saturated carbocycles. The first kappa shape index (κ1) is 12.1. The number of hydrogen-bond donors (Lipinski definition) is 0. The third kappa shape index (κ3) is 2.86. The molecular formula is C14H18O3. The normalized spacial score (nSPS) is 22.6. The second kappa shape index (κ2) is 4.88. The molecule has 17 heavy (non-hydrogen) atoms. The van der Waals surface area contributed by atoms with E-state index in [9.17, 15) is 4.79 Å². The molecule has 2 rings (SSSR count). The summed E-state index contributed by atoms with van der Waals surface area (Å²) in [5.41, 5.74) is 2.37. The van der Waals surface area contributed by atoms with Crippen molar-refractivity contribution in [1.82, 2.24) is 0 Å². The summed E-state index contributed by atoms with van der Waals surface area (Å²) in [6, 6.07) is 8.27. The van der Waals surface area contributed by atoms with E-state index >= 15 is 0 Å². The molecule has 1 aromatic carbocycles. The molecule has 0 radical (unpaired) electrons. The molecule has 1 aromatic rings. The van der Waals surface area contributed by atoms with E-state index in [1.165, 1.54) is 12.7 Å². The maximum Gasteiger partial charge on any atom is 0.338 e. The van der Waals surface area contributed by atoms with Gasteiger partial charge in [-0.1, -0.05) is 38.1 Å². The number of hydrogen-bond acceptors (Lipinski definition) is 3. The molecule has 92 valence electrons. The van der Waals surface area contributed by atoms with Crippen LogP contribution in [0.25, 0.3) is 0 Å². The molecule has 0 bridgehead atoms. The van der Waals surface area contributed by atoms with E-state index in [0.717, 1.165) is 12.0 Å². The van der Waals surface area contributed by atoms with Crippen LogP contribution < -0.4 is 0 Å². The minimum absolute atomic E-state index is 0.115. The molecular weight excluding hydrogens is 216 g/mol. The van der Waals surface area contributed by atoms with E-state index in [4.69, 9.17) is 4.74 Å². The highest BCUT2D eigenvalue weighted by Gasteiger charge is 2.47. The summed E-state index contributed by atoms with van der Waals surface area (Å²) in [5, 5.41) is 0. The summed E-state index contributed by atoms with van der Waals surface area (Å²) in [6.45, 7) is 4.40. The number of epoxide rings is 1. The minimum Gasteiger partial charge on any atom is -0.467 e. The number of carbonyl (C=O) groups excluding carboxylic acids is 1. The SMILES string of the molecule is COC(=O)C1OC1c1ccc(CC(C)C)cc1. The predicted molar refractivity (Wildman–Crippen MR) is 64.6 cm³/mol. The van der Waals surface area contributed by atoms with Crippen LogP contribution in [0.4, 0.5) is 0 Å². The first-order valence-electron chi connectivity index (χ1n) is 5.94. The molecule has 0 aromatic heterocycles. The third-order valence-electron chi connectivity index (χ3n) is 2.88. The van der Waals surface area contributed by atoms with Crippen LogP contribution in [0.15, 0.2) is 24.3 Å². The van der Waals surface area contributed by atoms with E-state index in [1.807, 2.05) is 12.1 Å². The predicted octanol–water partition coefficient (Wildman–Crippen LogP) is 2.50. The fourth-order valence-corrected chi connectivity index (χ4v) is 1.98. The Morgan fingerprint density at radius 3 is 2.53 bits per heavy atom. The number of benzene rings is 1. The maximum absolute atomic E-state index is 11.2. The van der Waals surface area contributed by atoms with Crippen LogP contribution in [-0.2, 0) is 20.7 Å². The molecule has 1 aliphatic heterocycles. The highest BCUT2D eigenvalue weighted by atomic mass is 16.6. The molecule has 0 spiro atoms. The van der Waals surface area contributed by atoms with Crippen molar-refractivity contribution >= 4 is 5.97 Å². The zero-order valence-electron chi connectivity index (χ0n) is 10.5. The molecule has 0 N–H and O–H groups in total. The third-order valence-corrected chi connectivity index (χ3v) is 2.88. The van der Waals surface area contributed by atoms with Crippen molar-refractivity contribution in [1.29, 1.82) is 0 Å². The summed E-state index contributed by atoms with van der Waals surface area (Å²) in [6.07, 6.45) is 0.554. The topological polar surface area (TPSA) is 38.8 Å². The molecule has 0 amide bonds. The van der Waals surface area contributed by atoms with Gasteiger partial charge in [0.05, 0.1) is 7.11 Å². The minimum atomic E-state index is -0.407. The van der Waals surface area contributed by atoms with E-state index in [0.29, 0.717) is 5.92 Å². The van der Waals surface area contributed by atoms with Crippen molar-refractivity contribution in [3.05, 3.63) is 35.4 Å². The summed E-state index contributed by atoms with van der Waals surface area (Å²) in [4.78, 5) is 11.2. The van der Waals surface area contributed by atoms with Crippen LogP contribution in [0.3, 0.4) is 0 Å². The van der Waals surface area contributed by atoms with Crippen molar-refractivity contribution in [2.75, 3.05) is 7.11 Å². The number of ether oxygens (including phenoxy) is 2. The Labute approximate surface area is 102 Å². The number of carbonyl (C=O) groups is 1. The van der Waals surface area contributed by atoms with Crippen LogP contribution in [0.2, 0.25) is 0 Å². The zero-order chi connectivity index (χ0) is 12.4. The molecule has 3 heteroatoms. The average Bonchev–Trinajstić information content (AvgIpc) is 3.08. The Hall–Kier alpha value is -1.35. The van der Waals surface area contributed by atoms with Gasteiger partial charge in [0.2, 0.25) is 0 Å². The molecule has 3 nitrogen and oxygen atoms in total. The van der Waals surface area contributed by atoms with Crippen LogP contribution in [0.5, 0.6) is 0 Å². The van der Waals surface area contributed by atoms with Gasteiger partial charge < -0.3 is 9.47 Å². The highest BCUT2D eigenvalue weighted by molar-refractivity contribution is 5.78. The molecule has 0 aliphatic carbocycles. The van der Waals surface area contributed by atoms with Gasteiger partial charge in [0.15, 0.2) is 6.10 Å². The van der Waals surface area contributed by atoms with Gasteiger partial charge in [-0.25, -0.2) is 4.79 Å². The highest BCUT2D eigenvalue weighted by Crippen LogP contribution is 2.39. The molecule has 2 atom stereocenters. The number of esters is 1. The van der Waals surface area contributed by atoms with Gasteiger partial charge in [-0.15, -0.1) is 0 Å². The Balaban J connectivity index is 1.98. The summed E-state index contributed by atoms with van der Waals surface area (Å²) in [5.74, 6) is 0.363. The second-order valence-corrected chi connectivity index (χ2v) is 4.84. The lowest BCUT2D eigenvalue weighted by Gasteiger charge is -2.05. The van der Waals surface area contributed by atoms with E-state index in [2.05, 4.69) is 30.7 Å². The van der Waals surface area contributed by atoms with Gasteiger partial charge in [-0.3, -0.25) is 0 Å². The monoisotopic (exact) mass is 234 g/mol. The van der Waals surface area contributed by atoms with E-state index in [-0.39, 0.29) is 12.1 Å². The quantitative estimate of drug-likeness (QED) is 0.593. The fourth-order valence-electron chi connectivity index (χ4n) is 1.98.